The van der Waals surface area contributed by atoms with Crippen LogP contribution in [-0.2, 0) is 9.53 Å². The Morgan fingerprint density at radius 2 is 1.63 bits per heavy atom. The molecular formula is C27H28ClN3O4. The van der Waals surface area contributed by atoms with Gasteiger partial charge in [0.2, 0.25) is 5.91 Å². The SMILES string of the molecule is COc1cc(Cl)c(C(=O)Nc2ccc(-c3ccccc3)cc2)cc1NC(=O)C(C)N1CCOCC1. The zero-order chi connectivity index (χ0) is 24.8. The van der Waals surface area contributed by atoms with Crippen molar-refractivity contribution in [2.45, 2.75) is 13.0 Å². The normalized spacial score (nSPS) is 14.7. The van der Waals surface area contributed by atoms with Crippen LogP contribution in [0.25, 0.3) is 11.1 Å². The molecule has 1 aliphatic heterocycles. The van der Waals surface area contributed by atoms with Crippen molar-refractivity contribution in [2.24, 2.45) is 0 Å². The van der Waals surface area contributed by atoms with Crippen molar-refractivity contribution in [1.82, 2.24) is 4.90 Å². The number of halogens is 1. The number of rotatable bonds is 7. The van der Waals surface area contributed by atoms with Crippen LogP contribution >= 0.6 is 11.6 Å². The van der Waals surface area contributed by atoms with E-state index in [1.807, 2.05) is 66.4 Å². The van der Waals surface area contributed by atoms with Gasteiger partial charge in [0.05, 0.1) is 42.6 Å². The lowest BCUT2D eigenvalue weighted by Gasteiger charge is -2.31. The minimum absolute atomic E-state index is 0.199. The number of hydrogen-bond acceptors (Lipinski definition) is 5. The molecule has 35 heavy (non-hydrogen) atoms. The van der Waals surface area contributed by atoms with E-state index in [-0.39, 0.29) is 28.4 Å². The number of morpholine rings is 1. The molecule has 0 spiro atoms. The fraction of sp³-hybridized carbons (Fsp3) is 0.259. The van der Waals surface area contributed by atoms with Crippen molar-refractivity contribution < 1.29 is 19.1 Å². The summed E-state index contributed by atoms with van der Waals surface area (Å²) in [6, 6.07) is 20.3. The first-order valence-electron chi connectivity index (χ1n) is 11.4. The molecule has 1 saturated heterocycles. The molecule has 1 fully saturated rings. The highest BCUT2D eigenvalue weighted by molar-refractivity contribution is 6.35. The van der Waals surface area contributed by atoms with E-state index in [0.717, 1.165) is 11.1 Å². The van der Waals surface area contributed by atoms with Crippen LogP contribution in [0.2, 0.25) is 5.02 Å². The van der Waals surface area contributed by atoms with E-state index < -0.39 is 0 Å². The number of methoxy groups -OCH3 is 1. The van der Waals surface area contributed by atoms with E-state index in [1.54, 1.807) is 6.07 Å². The van der Waals surface area contributed by atoms with Crippen molar-refractivity contribution in [2.75, 3.05) is 44.0 Å². The van der Waals surface area contributed by atoms with E-state index in [1.165, 1.54) is 13.2 Å². The highest BCUT2D eigenvalue weighted by atomic mass is 35.5. The second-order valence-corrected chi connectivity index (χ2v) is 8.65. The molecule has 8 heteroatoms. The third-order valence-electron chi connectivity index (χ3n) is 6.01. The Labute approximate surface area is 210 Å². The molecule has 0 saturated carbocycles. The minimum Gasteiger partial charge on any atom is -0.495 e. The lowest BCUT2D eigenvalue weighted by Crippen LogP contribution is -2.47. The Morgan fingerprint density at radius 1 is 0.971 bits per heavy atom. The van der Waals surface area contributed by atoms with Gasteiger partial charge < -0.3 is 20.1 Å². The average molecular weight is 494 g/mol. The largest absolute Gasteiger partial charge is 0.495 e. The monoisotopic (exact) mass is 493 g/mol. The molecule has 1 heterocycles. The molecule has 3 aromatic rings. The number of hydrogen-bond donors (Lipinski definition) is 2. The quantitative estimate of drug-likeness (QED) is 0.488. The number of anilines is 2. The Hall–Kier alpha value is -3.39. The first kappa shape index (κ1) is 24.7. The van der Waals surface area contributed by atoms with Gasteiger partial charge in [-0.2, -0.15) is 0 Å². The van der Waals surface area contributed by atoms with Crippen LogP contribution in [0.4, 0.5) is 11.4 Å². The first-order chi connectivity index (χ1) is 17.0. The molecule has 1 unspecified atom stereocenters. The standard InChI is InChI=1S/C27H28ClN3O4/c1-18(31-12-14-35-15-13-31)26(32)30-24-16-22(23(28)17-25(24)34-2)27(33)29-21-10-8-20(9-11-21)19-6-4-3-5-7-19/h3-11,16-18H,12-15H2,1-2H3,(H,29,33)(H,30,32). The van der Waals surface area contributed by atoms with Crippen molar-refractivity contribution in [3.05, 3.63) is 77.3 Å². The highest BCUT2D eigenvalue weighted by Crippen LogP contribution is 2.32. The van der Waals surface area contributed by atoms with Crippen molar-refractivity contribution in [1.29, 1.82) is 0 Å². The number of nitrogens with zero attached hydrogens (tertiary/aromatic N) is 1. The van der Waals surface area contributed by atoms with Crippen LogP contribution in [0.5, 0.6) is 5.75 Å². The van der Waals surface area contributed by atoms with Gasteiger partial charge in [0, 0.05) is 24.8 Å². The lowest BCUT2D eigenvalue weighted by atomic mass is 10.1. The maximum absolute atomic E-state index is 13.0. The Kier molecular flexibility index (Phi) is 8.02. The third-order valence-corrected chi connectivity index (χ3v) is 6.33. The zero-order valence-electron chi connectivity index (χ0n) is 19.7. The molecule has 2 N–H and O–H groups in total. The summed E-state index contributed by atoms with van der Waals surface area (Å²) in [5.74, 6) is -0.210. The smallest absolute Gasteiger partial charge is 0.257 e. The number of benzene rings is 3. The van der Waals surface area contributed by atoms with Crippen LogP contribution < -0.4 is 15.4 Å². The summed E-state index contributed by atoms with van der Waals surface area (Å²) >= 11 is 6.39. The Bertz CT molecular complexity index is 1180. The van der Waals surface area contributed by atoms with Gasteiger partial charge in [-0.3, -0.25) is 14.5 Å². The van der Waals surface area contributed by atoms with Gasteiger partial charge >= 0.3 is 0 Å². The van der Waals surface area contributed by atoms with Crippen molar-refractivity contribution in [3.63, 3.8) is 0 Å². The van der Waals surface area contributed by atoms with Gasteiger partial charge in [0.25, 0.3) is 5.91 Å². The second-order valence-electron chi connectivity index (χ2n) is 8.24. The molecule has 2 amide bonds. The fourth-order valence-corrected chi connectivity index (χ4v) is 4.18. The van der Waals surface area contributed by atoms with E-state index >= 15 is 0 Å². The second kappa shape index (κ2) is 11.4. The van der Waals surface area contributed by atoms with Crippen LogP contribution in [0.1, 0.15) is 17.3 Å². The summed E-state index contributed by atoms with van der Waals surface area (Å²) < 4.78 is 10.8. The van der Waals surface area contributed by atoms with Crippen LogP contribution in [0.3, 0.4) is 0 Å². The molecule has 4 rings (SSSR count). The summed E-state index contributed by atoms with van der Waals surface area (Å²) in [5.41, 5.74) is 3.38. The summed E-state index contributed by atoms with van der Waals surface area (Å²) in [6.45, 7) is 4.40. The predicted molar refractivity (Wildman–Crippen MR) is 138 cm³/mol. The minimum atomic E-state index is -0.387. The van der Waals surface area contributed by atoms with Crippen molar-refractivity contribution >= 4 is 34.8 Å². The predicted octanol–water partition coefficient (Wildman–Crippen LogP) is 4.93. The van der Waals surface area contributed by atoms with Gasteiger partial charge in [-0.15, -0.1) is 0 Å². The number of ether oxygens (including phenoxy) is 2. The average Bonchev–Trinajstić information content (AvgIpc) is 2.90. The first-order valence-corrected chi connectivity index (χ1v) is 11.8. The number of carbonyl (C=O) groups excluding carboxylic acids is 2. The lowest BCUT2D eigenvalue weighted by molar-refractivity contribution is -0.122. The Balaban J connectivity index is 1.49. The van der Waals surface area contributed by atoms with Crippen LogP contribution in [0.15, 0.2) is 66.7 Å². The van der Waals surface area contributed by atoms with Gasteiger partial charge in [0.15, 0.2) is 0 Å². The summed E-state index contributed by atoms with van der Waals surface area (Å²) in [7, 11) is 1.49. The number of carbonyl (C=O) groups is 2. The van der Waals surface area contributed by atoms with E-state index in [4.69, 9.17) is 21.1 Å². The van der Waals surface area contributed by atoms with Crippen molar-refractivity contribution in [3.8, 4) is 16.9 Å². The molecule has 0 aliphatic carbocycles. The van der Waals surface area contributed by atoms with Gasteiger partial charge in [-0.25, -0.2) is 0 Å². The molecular weight excluding hydrogens is 466 g/mol. The number of amides is 2. The molecule has 1 atom stereocenters. The van der Waals surface area contributed by atoms with Crippen LogP contribution in [-0.4, -0.2) is 56.2 Å². The van der Waals surface area contributed by atoms with Gasteiger partial charge in [-0.05, 0) is 36.2 Å². The summed E-state index contributed by atoms with van der Waals surface area (Å²) in [4.78, 5) is 28.0. The molecule has 3 aromatic carbocycles. The molecule has 1 aliphatic rings. The molecule has 0 bridgehead atoms. The Morgan fingerprint density at radius 3 is 2.29 bits per heavy atom. The highest BCUT2D eigenvalue weighted by Gasteiger charge is 2.25. The molecule has 0 aromatic heterocycles. The maximum Gasteiger partial charge on any atom is 0.257 e. The zero-order valence-corrected chi connectivity index (χ0v) is 20.5. The molecule has 182 valence electrons. The van der Waals surface area contributed by atoms with Gasteiger partial charge in [-0.1, -0.05) is 54.1 Å². The number of nitrogens with one attached hydrogen (secondary N) is 2. The van der Waals surface area contributed by atoms with E-state index in [9.17, 15) is 9.59 Å². The fourth-order valence-electron chi connectivity index (χ4n) is 3.94. The molecule has 0 radical (unpaired) electrons. The third kappa shape index (κ3) is 6.00. The maximum atomic E-state index is 13.0. The topological polar surface area (TPSA) is 79.9 Å². The van der Waals surface area contributed by atoms with Crippen LogP contribution in [0, 0.1) is 0 Å². The summed E-state index contributed by atoms with van der Waals surface area (Å²) in [6.07, 6.45) is 0. The van der Waals surface area contributed by atoms with E-state index in [2.05, 4.69) is 10.6 Å². The molecule has 7 nitrogen and oxygen atoms in total. The summed E-state index contributed by atoms with van der Waals surface area (Å²) in [5, 5.41) is 5.98. The van der Waals surface area contributed by atoms with Gasteiger partial charge in [0.1, 0.15) is 5.75 Å². The van der Waals surface area contributed by atoms with E-state index in [0.29, 0.717) is 43.4 Å².